The molecule has 0 fully saturated rings. The van der Waals surface area contributed by atoms with Gasteiger partial charge in [-0.25, -0.2) is 9.78 Å². The van der Waals surface area contributed by atoms with Crippen LogP contribution in [-0.4, -0.2) is 32.3 Å². The highest BCUT2D eigenvalue weighted by Gasteiger charge is 2.09. The predicted octanol–water partition coefficient (Wildman–Crippen LogP) is 1.36. The van der Waals surface area contributed by atoms with Crippen LogP contribution in [0.15, 0.2) is 24.5 Å². The van der Waals surface area contributed by atoms with Crippen molar-refractivity contribution in [2.75, 3.05) is 6.61 Å². The van der Waals surface area contributed by atoms with Gasteiger partial charge in [0.15, 0.2) is 0 Å². The van der Waals surface area contributed by atoms with Crippen LogP contribution in [0.1, 0.15) is 17.3 Å². The molecule has 0 aliphatic carbocycles. The molecule has 2 N–H and O–H groups in total. The van der Waals surface area contributed by atoms with E-state index in [4.69, 9.17) is 10.2 Å². The van der Waals surface area contributed by atoms with Gasteiger partial charge in [0, 0.05) is 13.2 Å². The lowest BCUT2D eigenvalue weighted by Gasteiger charge is -2.09. The summed E-state index contributed by atoms with van der Waals surface area (Å²) in [6, 6.07) is 4.86. The molecule has 1 aromatic carbocycles. The first-order valence-corrected chi connectivity index (χ1v) is 5.41. The first kappa shape index (κ1) is 11.6. The van der Waals surface area contributed by atoms with Gasteiger partial charge in [-0.1, -0.05) is 6.92 Å². The zero-order valence-electron chi connectivity index (χ0n) is 9.50. The second-order valence-electron chi connectivity index (χ2n) is 4.19. The summed E-state index contributed by atoms with van der Waals surface area (Å²) < 4.78 is 1.92. The number of hydrogen-bond donors (Lipinski definition) is 2. The molecule has 5 nitrogen and oxygen atoms in total. The number of aromatic carboxylic acids is 1. The van der Waals surface area contributed by atoms with Crippen molar-refractivity contribution in [3.05, 3.63) is 30.1 Å². The molecular formula is C12H14N2O3. The number of hydrogen-bond acceptors (Lipinski definition) is 3. The predicted molar refractivity (Wildman–Crippen MR) is 62.9 cm³/mol. The first-order chi connectivity index (χ1) is 8.11. The Morgan fingerprint density at radius 3 is 2.94 bits per heavy atom. The third-order valence-corrected chi connectivity index (χ3v) is 2.69. The number of carbonyl (C=O) groups is 1. The molecular weight excluding hydrogens is 220 g/mol. The Balaban J connectivity index is 2.38. The van der Waals surface area contributed by atoms with E-state index in [1.165, 1.54) is 0 Å². The van der Waals surface area contributed by atoms with E-state index in [2.05, 4.69) is 4.98 Å². The number of benzene rings is 1. The molecule has 1 atom stereocenters. The van der Waals surface area contributed by atoms with Crippen molar-refractivity contribution >= 4 is 17.0 Å². The number of carboxylic acids is 1. The van der Waals surface area contributed by atoms with Crippen molar-refractivity contribution in [2.24, 2.45) is 5.92 Å². The molecule has 1 heterocycles. The van der Waals surface area contributed by atoms with Gasteiger partial charge < -0.3 is 14.8 Å². The molecule has 5 heteroatoms. The van der Waals surface area contributed by atoms with Crippen molar-refractivity contribution in [3.63, 3.8) is 0 Å². The Bertz CT molecular complexity index is 548. The summed E-state index contributed by atoms with van der Waals surface area (Å²) in [7, 11) is 0. The van der Waals surface area contributed by atoms with Crippen molar-refractivity contribution < 1.29 is 15.0 Å². The van der Waals surface area contributed by atoms with E-state index in [9.17, 15) is 4.79 Å². The van der Waals surface area contributed by atoms with Gasteiger partial charge in [-0.2, -0.15) is 0 Å². The number of nitrogens with zero attached hydrogens (tertiary/aromatic N) is 2. The molecule has 0 bridgehead atoms. The average molecular weight is 234 g/mol. The van der Waals surface area contributed by atoms with Crippen LogP contribution in [0.2, 0.25) is 0 Å². The molecule has 0 amide bonds. The van der Waals surface area contributed by atoms with Gasteiger partial charge in [0.05, 0.1) is 22.9 Å². The van der Waals surface area contributed by atoms with E-state index >= 15 is 0 Å². The van der Waals surface area contributed by atoms with Gasteiger partial charge in [0.25, 0.3) is 0 Å². The van der Waals surface area contributed by atoms with E-state index in [1.807, 2.05) is 11.5 Å². The number of rotatable bonds is 4. The van der Waals surface area contributed by atoms with Gasteiger partial charge in [-0.15, -0.1) is 0 Å². The van der Waals surface area contributed by atoms with Crippen LogP contribution in [0, 0.1) is 5.92 Å². The largest absolute Gasteiger partial charge is 0.478 e. The minimum absolute atomic E-state index is 0.118. The van der Waals surface area contributed by atoms with Gasteiger partial charge in [-0.3, -0.25) is 0 Å². The molecule has 0 spiro atoms. The third-order valence-electron chi connectivity index (χ3n) is 2.69. The van der Waals surface area contributed by atoms with Crippen LogP contribution in [0.3, 0.4) is 0 Å². The molecule has 0 saturated heterocycles. The van der Waals surface area contributed by atoms with Gasteiger partial charge in [0.1, 0.15) is 0 Å². The highest BCUT2D eigenvalue weighted by atomic mass is 16.4. The van der Waals surface area contributed by atoms with Crippen LogP contribution in [-0.2, 0) is 6.54 Å². The molecule has 1 unspecified atom stereocenters. The fraction of sp³-hybridized carbons (Fsp3) is 0.333. The summed E-state index contributed by atoms with van der Waals surface area (Å²) in [4.78, 5) is 15.0. The average Bonchev–Trinajstić information content (AvgIpc) is 2.71. The lowest BCUT2D eigenvalue weighted by Crippen LogP contribution is -2.10. The molecule has 0 radical (unpaired) electrons. The topological polar surface area (TPSA) is 75.3 Å². The quantitative estimate of drug-likeness (QED) is 0.837. The third kappa shape index (κ3) is 2.29. The number of imidazole rings is 1. The highest BCUT2D eigenvalue weighted by Crippen LogP contribution is 2.16. The van der Waals surface area contributed by atoms with Crippen molar-refractivity contribution in [1.82, 2.24) is 9.55 Å². The van der Waals surface area contributed by atoms with Crippen molar-refractivity contribution in [1.29, 1.82) is 0 Å². The summed E-state index contributed by atoms with van der Waals surface area (Å²) in [6.45, 7) is 2.73. The maximum atomic E-state index is 10.8. The summed E-state index contributed by atoms with van der Waals surface area (Å²) >= 11 is 0. The molecule has 2 aromatic rings. The Morgan fingerprint density at radius 2 is 2.29 bits per heavy atom. The maximum Gasteiger partial charge on any atom is 0.335 e. The fourth-order valence-corrected chi connectivity index (χ4v) is 1.74. The lowest BCUT2D eigenvalue weighted by molar-refractivity contribution is 0.0697. The van der Waals surface area contributed by atoms with E-state index < -0.39 is 5.97 Å². The van der Waals surface area contributed by atoms with Crippen LogP contribution in [0.4, 0.5) is 0 Å². The normalized spacial score (nSPS) is 12.8. The van der Waals surface area contributed by atoms with Gasteiger partial charge in [0.2, 0.25) is 0 Å². The molecule has 0 saturated carbocycles. The monoisotopic (exact) mass is 234 g/mol. The van der Waals surface area contributed by atoms with E-state index in [0.29, 0.717) is 12.1 Å². The van der Waals surface area contributed by atoms with Crippen LogP contribution in [0.25, 0.3) is 11.0 Å². The van der Waals surface area contributed by atoms with Gasteiger partial charge >= 0.3 is 5.97 Å². The van der Waals surface area contributed by atoms with Crippen molar-refractivity contribution in [3.8, 4) is 0 Å². The highest BCUT2D eigenvalue weighted by molar-refractivity contribution is 5.92. The fourth-order valence-electron chi connectivity index (χ4n) is 1.74. The molecule has 1 aromatic heterocycles. The lowest BCUT2D eigenvalue weighted by atomic mass is 10.2. The number of aromatic nitrogens is 2. The number of carboxylic acid groups (broad SMARTS) is 1. The Labute approximate surface area is 98.3 Å². The summed E-state index contributed by atoms with van der Waals surface area (Å²) in [5.74, 6) is -0.809. The molecule has 0 aliphatic heterocycles. The number of aliphatic hydroxyl groups excluding tert-OH is 1. The van der Waals surface area contributed by atoms with Crippen molar-refractivity contribution in [2.45, 2.75) is 13.5 Å². The second-order valence-corrected chi connectivity index (χ2v) is 4.19. The summed E-state index contributed by atoms with van der Waals surface area (Å²) in [5.41, 5.74) is 1.78. The standard InChI is InChI=1S/C12H14N2O3/c1-8(6-15)5-14-7-13-10-4-9(12(16)17)2-3-11(10)14/h2-4,7-8,15H,5-6H2,1H3,(H,16,17). The molecule has 2 rings (SSSR count). The van der Waals surface area contributed by atoms with E-state index in [0.717, 1.165) is 5.52 Å². The van der Waals surface area contributed by atoms with E-state index in [-0.39, 0.29) is 18.1 Å². The molecule has 17 heavy (non-hydrogen) atoms. The smallest absolute Gasteiger partial charge is 0.335 e. The zero-order valence-corrected chi connectivity index (χ0v) is 9.50. The Morgan fingerprint density at radius 1 is 1.53 bits per heavy atom. The minimum atomic E-state index is -0.954. The zero-order chi connectivity index (χ0) is 12.4. The number of aliphatic hydroxyl groups is 1. The minimum Gasteiger partial charge on any atom is -0.478 e. The molecule has 90 valence electrons. The maximum absolute atomic E-state index is 10.8. The van der Waals surface area contributed by atoms with Gasteiger partial charge in [-0.05, 0) is 24.1 Å². The van der Waals surface area contributed by atoms with Crippen LogP contribution < -0.4 is 0 Å². The van der Waals surface area contributed by atoms with E-state index in [1.54, 1.807) is 24.5 Å². The SMILES string of the molecule is CC(CO)Cn1cnc2cc(C(=O)O)ccc21. The summed E-state index contributed by atoms with van der Waals surface area (Å²) in [5, 5.41) is 17.9. The summed E-state index contributed by atoms with van der Waals surface area (Å²) in [6.07, 6.45) is 1.67. The Hall–Kier alpha value is -1.88. The van der Waals surface area contributed by atoms with Crippen LogP contribution in [0.5, 0.6) is 0 Å². The number of fused-ring (bicyclic) bond motifs is 1. The first-order valence-electron chi connectivity index (χ1n) is 5.41. The second kappa shape index (κ2) is 4.55. The van der Waals surface area contributed by atoms with Crippen LogP contribution >= 0.6 is 0 Å². The molecule has 0 aliphatic rings. The Kier molecular flexibility index (Phi) is 3.10.